The molecule has 126 valence electrons. The third-order valence-corrected chi connectivity index (χ3v) is 4.41. The van der Waals surface area contributed by atoms with Crippen molar-refractivity contribution in [3.8, 4) is 6.01 Å². The molecule has 9 heteroatoms. The van der Waals surface area contributed by atoms with Crippen molar-refractivity contribution >= 4 is 46.5 Å². The van der Waals surface area contributed by atoms with Crippen molar-refractivity contribution in [2.24, 2.45) is 0 Å². The van der Waals surface area contributed by atoms with Gasteiger partial charge in [-0.05, 0) is 18.2 Å². The molecule has 1 atom stereocenters. The number of benzene rings is 1. The summed E-state index contributed by atoms with van der Waals surface area (Å²) in [7, 11) is 0. The topological polar surface area (TPSA) is 67.4 Å². The minimum absolute atomic E-state index is 0.161. The first kappa shape index (κ1) is 17.1. The van der Waals surface area contributed by atoms with E-state index in [0.717, 1.165) is 0 Å². The predicted molar refractivity (Wildman–Crippen MR) is 93.1 cm³/mol. The summed E-state index contributed by atoms with van der Waals surface area (Å²) in [5.41, 5.74) is 0.583. The lowest BCUT2D eigenvalue weighted by Crippen LogP contribution is -2.34. The molecule has 1 saturated heterocycles. The Morgan fingerprint density at radius 1 is 1.21 bits per heavy atom. The third-order valence-electron chi connectivity index (χ3n) is 3.47. The first-order chi connectivity index (χ1) is 11.5. The van der Waals surface area contributed by atoms with Gasteiger partial charge in [0.2, 0.25) is 0 Å². The van der Waals surface area contributed by atoms with Crippen LogP contribution in [0, 0.1) is 0 Å². The Labute approximate surface area is 153 Å². The van der Waals surface area contributed by atoms with Crippen molar-refractivity contribution < 1.29 is 9.53 Å². The SMILES string of the molecule is O=C(Nc1ccc(Cl)c(Cl)c1)N1CC[C@H](Oc2ncc(Cl)cn2)C1. The van der Waals surface area contributed by atoms with Crippen LogP contribution in [0.5, 0.6) is 6.01 Å². The molecule has 0 unspecified atom stereocenters. The third kappa shape index (κ3) is 4.20. The summed E-state index contributed by atoms with van der Waals surface area (Å²) >= 11 is 17.5. The van der Waals surface area contributed by atoms with Gasteiger partial charge in [0.15, 0.2) is 0 Å². The lowest BCUT2D eigenvalue weighted by Gasteiger charge is -2.17. The van der Waals surface area contributed by atoms with Crippen LogP contribution in [-0.2, 0) is 0 Å². The molecule has 2 aromatic rings. The molecule has 1 aromatic heterocycles. The number of ether oxygens (including phenoxy) is 1. The number of halogens is 3. The first-order valence-electron chi connectivity index (χ1n) is 7.16. The van der Waals surface area contributed by atoms with Crippen LogP contribution in [0.3, 0.4) is 0 Å². The number of hydrogen-bond acceptors (Lipinski definition) is 4. The zero-order chi connectivity index (χ0) is 17.1. The van der Waals surface area contributed by atoms with Crippen LogP contribution in [0.25, 0.3) is 0 Å². The Morgan fingerprint density at radius 3 is 2.67 bits per heavy atom. The Balaban J connectivity index is 1.55. The maximum absolute atomic E-state index is 12.3. The number of carbonyl (C=O) groups is 1. The van der Waals surface area contributed by atoms with Gasteiger partial charge in [-0.15, -0.1) is 0 Å². The van der Waals surface area contributed by atoms with Gasteiger partial charge in [-0.1, -0.05) is 34.8 Å². The zero-order valence-electron chi connectivity index (χ0n) is 12.4. The summed E-state index contributed by atoms with van der Waals surface area (Å²) in [6, 6.07) is 4.95. The molecule has 1 aliphatic heterocycles. The number of amides is 2. The van der Waals surface area contributed by atoms with E-state index in [1.165, 1.54) is 12.4 Å². The summed E-state index contributed by atoms with van der Waals surface area (Å²) in [4.78, 5) is 21.9. The number of likely N-dealkylation sites (tertiary alicyclic amines) is 1. The van der Waals surface area contributed by atoms with Crippen LogP contribution in [0.15, 0.2) is 30.6 Å². The lowest BCUT2D eigenvalue weighted by atomic mass is 10.3. The monoisotopic (exact) mass is 386 g/mol. The number of nitrogens with zero attached hydrogens (tertiary/aromatic N) is 3. The molecular formula is C15H13Cl3N4O2. The van der Waals surface area contributed by atoms with Gasteiger partial charge in [-0.25, -0.2) is 14.8 Å². The second-order valence-electron chi connectivity index (χ2n) is 5.22. The minimum atomic E-state index is -0.225. The molecule has 0 bridgehead atoms. The summed E-state index contributed by atoms with van der Waals surface area (Å²) < 4.78 is 5.65. The van der Waals surface area contributed by atoms with Crippen LogP contribution in [0.1, 0.15) is 6.42 Å². The van der Waals surface area contributed by atoms with Crippen LogP contribution in [-0.4, -0.2) is 40.1 Å². The Morgan fingerprint density at radius 2 is 1.96 bits per heavy atom. The zero-order valence-corrected chi connectivity index (χ0v) is 14.6. The molecule has 0 spiro atoms. The van der Waals surface area contributed by atoms with Crippen molar-refractivity contribution in [2.45, 2.75) is 12.5 Å². The first-order valence-corrected chi connectivity index (χ1v) is 8.30. The molecule has 3 rings (SSSR count). The normalized spacial score (nSPS) is 17.0. The van der Waals surface area contributed by atoms with E-state index in [2.05, 4.69) is 15.3 Å². The Hall–Kier alpha value is -1.76. The number of hydrogen-bond donors (Lipinski definition) is 1. The van der Waals surface area contributed by atoms with Crippen molar-refractivity contribution in [1.82, 2.24) is 14.9 Å². The highest BCUT2D eigenvalue weighted by Gasteiger charge is 2.28. The van der Waals surface area contributed by atoms with E-state index in [4.69, 9.17) is 39.5 Å². The second kappa shape index (κ2) is 7.42. The molecule has 0 aliphatic carbocycles. The predicted octanol–water partition coefficient (Wildman–Crippen LogP) is 4.12. The standard InChI is InChI=1S/C15H13Cl3N4O2/c16-9-6-19-14(20-7-9)24-11-3-4-22(8-11)15(23)21-10-1-2-12(17)13(18)5-10/h1-2,5-7,11H,3-4,8H2,(H,21,23)/t11-/m0/s1. The maximum atomic E-state index is 12.3. The van der Waals surface area contributed by atoms with Gasteiger partial charge in [-0.2, -0.15) is 0 Å². The van der Waals surface area contributed by atoms with E-state index in [1.807, 2.05) is 0 Å². The van der Waals surface area contributed by atoms with Crippen molar-refractivity contribution in [1.29, 1.82) is 0 Å². The lowest BCUT2D eigenvalue weighted by molar-refractivity contribution is 0.184. The van der Waals surface area contributed by atoms with E-state index in [-0.39, 0.29) is 18.1 Å². The molecule has 1 aliphatic rings. The number of nitrogens with one attached hydrogen (secondary N) is 1. The quantitative estimate of drug-likeness (QED) is 0.860. The van der Waals surface area contributed by atoms with Gasteiger partial charge >= 0.3 is 12.0 Å². The summed E-state index contributed by atoms with van der Waals surface area (Å²) in [6.07, 6.45) is 3.47. The van der Waals surface area contributed by atoms with E-state index >= 15 is 0 Å². The Bertz CT molecular complexity index is 742. The van der Waals surface area contributed by atoms with Gasteiger partial charge in [0.25, 0.3) is 0 Å². The Kier molecular flexibility index (Phi) is 5.28. The molecule has 2 amide bonds. The van der Waals surface area contributed by atoms with Gasteiger partial charge in [0.05, 0.1) is 34.0 Å². The van der Waals surface area contributed by atoms with Gasteiger partial charge in [-0.3, -0.25) is 0 Å². The maximum Gasteiger partial charge on any atom is 0.321 e. The molecule has 1 N–H and O–H groups in total. The number of rotatable bonds is 3. The number of aromatic nitrogens is 2. The number of urea groups is 1. The van der Waals surface area contributed by atoms with Crippen molar-refractivity contribution in [3.63, 3.8) is 0 Å². The summed E-state index contributed by atoms with van der Waals surface area (Å²) in [5, 5.41) is 4.05. The van der Waals surface area contributed by atoms with E-state index in [1.54, 1.807) is 23.1 Å². The average Bonchev–Trinajstić information content (AvgIpc) is 3.02. The summed E-state index contributed by atoms with van der Waals surface area (Å²) in [6.45, 7) is 1.02. The smallest absolute Gasteiger partial charge is 0.321 e. The number of anilines is 1. The van der Waals surface area contributed by atoms with E-state index < -0.39 is 0 Å². The molecule has 0 saturated carbocycles. The van der Waals surface area contributed by atoms with E-state index in [9.17, 15) is 4.79 Å². The molecular weight excluding hydrogens is 375 g/mol. The van der Waals surface area contributed by atoms with E-state index in [0.29, 0.717) is 40.3 Å². The second-order valence-corrected chi connectivity index (χ2v) is 6.47. The van der Waals surface area contributed by atoms with Gasteiger partial charge in [0, 0.05) is 18.7 Å². The molecule has 2 heterocycles. The van der Waals surface area contributed by atoms with Crippen LogP contribution in [0.2, 0.25) is 15.1 Å². The molecule has 24 heavy (non-hydrogen) atoms. The van der Waals surface area contributed by atoms with Gasteiger partial charge in [0.1, 0.15) is 6.10 Å². The number of carbonyl (C=O) groups excluding carboxylic acids is 1. The van der Waals surface area contributed by atoms with Gasteiger partial charge < -0.3 is 15.0 Å². The summed E-state index contributed by atoms with van der Waals surface area (Å²) in [5.74, 6) is 0. The van der Waals surface area contributed by atoms with Crippen LogP contribution >= 0.6 is 34.8 Å². The van der Waals surface area contributed by atoms with Crippen molar-refractivity contribution in [2.75, 3.05) is 18.4 Å². The largest absolute Gasteiger partial charge is 0.458 e. The minimum Gasteiger partial charge on any atom is -0.458 e. The molecule has 0 radical (unpaired) electrons. The van der Waals surface area contributed by atoms with Crippen molar-refractivity contribution in [3.05, 3.63) is 45.7 Å². The van der Waals surface area contributed by atoms with Crippen LogP contribution in [0.4, 0.5) is 10.5 Å². The molecule has 1 fully saturated rings. The average molecular weight is 388 g/mol. The fourth-order valence-electron chi connectivity index (χ4n) is 2.30. The molecule has 6 nitrogen and oxygen atoms in total. The molecule has 1 aromatic carbocycles. The highest BCUT2D eigenvalue weighted by atomic mass is 35.5. The highest BCUT2D eigenvalue weighted by molar-refractivity contribution is 6.42. The fourth-order valence-corrected chi connectivity index (χ4v) is 2.69. The highest BCUT2D eigenvalue weighted by Crippen LogP contribution is 2.25. The fraction of sp³-hybridized carbons (Fsp3) is 0.267. The van der Waals surface area contributed by atoms with Crippen LogP contribution < -0.4 is 10.1 Å².